The molecule has 0 amide bonds. The molecule has 1 aliphatic rings. The van der Waals surface area contributed by atoms with Crippen molar-refractivity contribution in [3.8, 4) is 0 Å². The Kier molecular flexibility index (Phi) is 5.93. The average molecular weight is 261 g/mol. The summed E-state index contributed by atoms with van der Waals surface area (Å²) in [5.41, 5.74) is 0. The molecule has 102 valence electrons. The summed E-state index contributed by atoms with van der Waals surface area (Å²) < 4.78 is 24.5. The fourth-order valence-corrected chi connectivity index (χ4v) is 5.14. The molecule has 0 aromatic heterocycles. The molecule has 1 fully saturated rings. The summed E-state index contributed by atoms with van der Waals surface area (Å²) >= 11 is 0. The van der Waals surface area contributed by atoms with E-state index in [1.807, 2.05) is 0 Å². The number of nitrogens with one attached hydrogen (secondary N) is 1. The van der Waals surface area contributed by atoms with Gasteiger partial charge in [-0.3, -0.25) is 0 Å². The van der Waals surface area contributed by atoms with Crippen molar-refractivity contribution in [3.63, 3.8) is 0 Å². The van der Waals surface area contributed by atoms with E-state index in [1.54, 1.807) is 0 Å². The number of hydrogen-bond donors (Lipinski definition) is 1. The van der Waals surface area contributed by atoms with Gasteiger partial charge in [-0.15, -0.1) is 0 Å². The van der Waals surface area contributed by atoms with E-state index in [0.717, 1.165) is 38.6 Å². The van der Waals surface area contributed by atoms with Gasteiger partial charge in [-0.1, -0.05) is 33.6 Å². The molecule has 1 rings (SSSR count). The van der Waals surface area contributed by atoms with Gasteiger partial charge in [0.25, 0.3) is 0 Å². The van der Waals surface area contributed by atoms with Crippen molar-refractivity contribution in [2.24, 2.45) is 5.92 Å². The monoisotopic (exact) mass is 261 g/mol. The lowest BCUT2D eigenvalue weighted by Gasteiger charge is -2.21. The van der Waals surface area contributed by atoms with E-state index in [4.69, 9.17) is 0 Å². The van der Waals surface area contributed by atoms with Gasteiger partial charge in [-0.25, -0.2) is 8.42 Å². The Balaban J connectivity index is 2.55. The lowest BCUT2D eigenvalue weighted by atomic mass is 10.1. The van der Waals surface area contributed by atoms with E-state index < -0.39 is 9.84 Å². The molecule has 0 aromatic carbocycles. The molecule has 0 radical (unpaired) electrons. The summed E-state index contributed by atoms with van der Waals surface area (Å²) in [6.45, 7) is 7.20. The second-order valence-corrected chi connectivity index (χ2v) is 7.55. The predicted molar refractivity (Wildman–Crippen MR) is 73.0 cm³/mol. The van der Waals surface area contributed by atoms with E-state index in [-0.39, 0.29) is 11.2 Å². The summed E-state index contributed by atoms with van der Waals surface area (Å²) in [4.78, 5) is 0. The molecule has 1 aliphatic carbocycles. The van der Waals surface area contributed by atoms with Gasteiger partial charge in [0.15, 0.2) is 9.84 Å². The van der Waals surface area contributed by atoms with Crippen LogP contribution in [0.3, 0.4) is 0 Å². The molecule has 3 nitrogen and oxygen atoms in total. The standard InChI is InChI=1S/C13H27NO2S/c1-4-6-7-10-17(15,16)13-9-8-12(11(13)3)14-5-2/h11-14H,4-10H2,1-3H3. The number of rotatable bonds is 7. The Morgan fingerprint density at radius 2 is 1.88 bits per heavy atom. The van der Waals surface area contributed by atoms with Gasteiger partial charge in [0, 0.05) is 6.04 Å². The first kappa shape index (κ1) is 15.0. The molecule has 0 bridgehead atoms. The second-order valence-electron chi connectivity index (χ2n) is 5.21. The Morgan fingerprint density at radius 1 is 1.18 bits per heavy atom. The van der Waals surface area contributed by atoms with E-state index in [2.05, 4.69) is 26.1 Å². The minimum absolute atomic E-state index is 0.108. The predicted octanol–water partition coefficient (Wildman–Crippen LogP) is 2.37. The zero-order valence-electron chi connectivity index (χ0n) is 11.4. The maximum absolute atomic E-state index is 12.2. The summed E-state index contributed by atoms with van der Waals surface area (Å²) in [6.07, 6.45) is 4.78. The van der Waals surface area contributed by atoms with Crippen LogP contribution in [0.5, 0.6) is 0 Å². The van der Waals surface area contributed by atoms with Crippen LogP contribution in [0.15, 0.2) is 0 Å². The van der Waals surface area contributed by atoms with E-state index in [1.165, 1.54) is 0 Å². The first-order chi connectivity index (χ1) is 8.03. The largest absolute Gasteiger partial charge is 0.314 e. The van der Waals surface area contributed by atoms with Gasteiger partial charge in [-0.2, -0.15) is 0 Å². The van der Waals surface area contributed by atoms with Crippen molar-refractivity contribution in [2.45, 2.75) is 64.2 Å². The third-order valence-corrected chi connectivity index (χ3v) is 6.39. The van der Waals surface area contributed by atoms with Gasteiger partial charge >= 0.3 is 0 Å². The van der Waals surface area contributed by atoms with Crippen LogP contribution in [0, 0.1) is 5.92 Å². The van der Waals surface area contributed by atoms with Crippen LogP contribution in [-0.2, 0) is 9.84 Å². The Labute approximate surface area is 106 Å². The van der Waals surface area contributed by atoms with Crippen molar-refractivity contribution in [1.29, 1.82) is 0 Å². The van der Waals surface area contributed by atoms with Crippen LogP contribution in [0.25, 0.3) is 0 Å². The Morgan fingerprint density at radius 3 is 2.47 bits per heavy atom. The maximum Gasteiger partial charge on any atom is 0.153 e. The molecule has 0 aliphatic heterocycles. The van der Waals surface area contributed by atoms with Crippen LogP contribution in [0.1, 0.15) is 52.9 Å². The molecule has 0 saturated heterocycles. The van der Waals surface area contributed by atoms with Crippen LogP contribution in [0.2, 0.25) is 0 Å². The van der Waals surface area contributed by atoms with Gasteiger partial charge < -0.3 is 5.32 Å². The highest BCUT2D eigenvalue weighted by Gasteiger charge is 2.39. The minimum Gasteiger partial charge on any atom is -0.314 e. The van der Waals surface area contributed by atoms with Crippen molar-refractivity contribution >= 4 is 9.84 Å². The summed E-state index contributed by atoms with van der Waals surface area (Å²) in [5, 5.41) is 3.29. The quantitative estimate of drug-likeness (QED) is 0.716. The Bertz CT molecular complexity index is 313. The lowest BCUT2D eigenvalue weighted by Crippen LogP contribution is -2.36. The average Bonchev–Trinajstić information content (AvgIpc) is 2.62. The first-order valence-electron chi connectivity index (χ1n) is 6.97. The van der Waals surface area contributed by atoms with Crippen molar-refractivity contribution in [2.75, 3.05) is 12.3 Å². The van der Waals surface area contributed by atoms with Gasteiger partial charge in [0.1, 0.15) is 0 Å². The SMILES string of the molecule is CCCCCS(=O)(=O)C1CCC(NCC)C1C. The number of sulfone groups is 1. The van der Waals surface area contributed by atoms with Crippen LogP contribution >= 0.6 is 0 Å². The summed E-state index contributed by atoms with van der Waals surface area (Å²) in [6, 6.07) is 0.394. The fourth-order valence-electron chi connectivity index (χ4n) is 2.89. The lowest BCUT2D eigenvalue weighted by molar-refractivity contribution is 0.433. The van der Waals surface area contributed by atoms with Crippen molar-refractivity contribution in [1.82, 2.24) is 5.32 Å². The molecule has 0 heterocycles. The van der Waals surface area contributed by atoms with Gasteiger partial charge in [-0.05, 0) is 31.7 Å². The molecule has 17 heavy (non-hydrogen) atoms. The summed E-state index contributed by atoms with van der Waals surface area (Å²) in [7, 11) is -2.87. The normalized spacial score (nSPS) is 29.7. The smallest absolute Gasteiger partial charge is 0.153 e. The zero-order valence-corrected chi connectivity index (χ0v) is 12.2. The van der Waals surface area contributed by atoms with Crippen LogP contribution in [-0.4, -0.2) is 32.0 Å². The molecule has 1 N–H and O–H groups in total. The van der Waals surface area contributed by atoms with Gasteiger partial charge in [0.05, 0.1) is 11.0 Å². The maximum atomic E-state index is 12.2. The van der Waals surface area contributed by atoms with E-state index >= 15 is 0 Å². The van der Waals surface area contributed by atoms with Crippen LogP contribution in [0.4, 0.5) is 0 Å². The molecule has 0 aromatic rings. The highest BCUT2D eigenvalue weighted by Crippen LogP contribution is 2.32. The highest BCUT2D eigenvalue weighted by molar-refractivity contribution is 7.92. The second kappa shape index (κ2) is 6.74. The van der Waals surface area contributed by atoms with Gasteiger partial charge in [0.2, 0.25) is 0 Å². The zero-order chi connectivity index (χ0) is 12.9. The van der Waals surface area contributed by atoms with Crippen molar-refractivity contribution in [3.05, 3.63) is 0 Å². The van der Waals surface area contributed by atoms with E-state index in [0.29, 0.717) is 11.8 Å². The molecular formula is C13H27NO2S. The Hall–Kier alpha value is -0.0900. The third kappa shape index (κ3) is 3.95. The molecular weight excluding hydrogens is 234 g/mol. The van der Waals surface area contributed by atoms with Crippen LogP contribution < -0.4 is 5.32 Å². The topological polar surface area (TPSA) is 46.2 Å². The molecule has 3 atom stereocenters. The van der Waals surface area contributed by atoms with E-state index in [9.17, 15) is 8.42 Å². The fraction of sp³-hybridized carbons (Fsp3) is 1.00. The first-order valence-corrected chi connectivity index (χ1v) is 8.69. The molecule has 1 saturated carbocycles. The molecule has 3 unspecified atom stereocenters. The molecule has 0 spiro atoms. The third-order valence-electron chi connectivity index (χ3n) is 3.94. The number of unbranched alkanes of at least 4 members (excludes halogenated alkanes) is 2. The number of hydrogen-bond acceptors (Lipinski definition) is 3. The minimum atomic E-state index is -2.87. The highest BCUT2D eigenvalue weighted by atomic mass is 32.2. The molecule has 4 heteroatoms. The summed E-state index contributed by atoms with van der Waals surface area (Å²) in [5.74, 6) is 0.649. The van der Waals surface area contributed by atoms with Crippen molar-refractivity contribution < 1.29 is 8.42 Å².